The Hall–Kier alpha value is -1.94. The van der Waals surface area contributed by atoms with Gasteiger partial charge >= 0.3 is 6.18 Å². The first kappa shape index (κ1) is 18.4. The topological polar surface area (TPSA) is 51.1 Å². The second kappa shape index (κ2) is 6.89. The van der Waals surface area contributed by atoms with Crippen molar-refractivity contribution in [3.63, 3.8) is 0 Å². The zero-order valence-electron chi connectivity index (χ0n) is 11.5. The van der Waals surface area contributed by atoms with Gasteiger partial charge in [0, 0.05) is 12.3 Å². The highest BCUT2D eigenvalue weighted by Gasteiger charge is 2.34. The Bertz CT molecular complexity index is 815. The van der Waals surface area contributed by atoms with Crippen molar-refractivity contribution in [3.05, 3.63) is 49.5 Å². The van der Waals surface area contributed by atoms with Crippen LogP contribution in [0.25, 0.3) is 0 Å². The van der Waals surface area contributed by atoms with Gasteiger partial charge in [0.2, 0.25) is 0 Å². The van der Waals surface area contributed by atoms with Gasteiger partial charge < -0.3 is 9.88 Å². The van der Waals surface area contributed by atoms with E-state index in [0.717, 1.165) is 18.3 Å². The number of rotatable bonds is 4. The van der Waals surface area contributed by atoms with Crippen molar-refractivity contribution in [2.45, 2.75) is 19.1 Å². The zero-order valence-corrected chi connectivity index (χ0v) is 13.1. The van der Waals surface area contributed by atoms with Gasteiger partial charge in [-0.25, -0.2) is 8.78 Å². The van der Waals surface area contributed by atoms with Crippen LogP contribution in [0.4, 0.5) is 27.6 Å². The van der Waals surface area contributed by atoms with Crippen molar-refractivity contribution in [1.29, 1.82) is 0 Å². The molecular weight excluding hydrogens is 379 g/mol. The standard InChI is InChI=1S/C13H8ClF5N2O2S/c14-7-3-8(13(17,18)19)24-11(7)12(23)20-6-1-2-10(22)21(4-6)5-9(15)16/h1-4,9H,5H2,(H,20,23). The zero-order chi connectivity index (χ0) is 18.1. The summed E-state index contributed by atoms with van der Waals surface area (Å²) in [5.74, 6) is -0.942. The van der Waals surface area contributed by atoms with E-state index in [4.69, 9.17) is 11.6 Å². The Kier molecular flexibility index (Phi) is 5.29. The van der Waals surface area contributed by atoms with E-state index in [1.54, 1.807) is 0 Å². The van der Waals surface area contributed by atoms with Gasteiger partial charge in [0.25, 0.3) is 17.9 Å². The lowest BCUT2D eigenvalue weighted by Crippen LogP contribution is -2.23. The Balaban J connectivity index is 2.24. The fourth-order valence-corrected chi connectivity index (χ4v) is 2.94. The quantitative estimate of drug-likeness (QED) is 0.804. The number of hydrogen-bond donors (Lipinski definition) is 1. The number of carbonyl (C=O) groups excluding carboxylic acids is 1. The summed E-state index contributed by atoms with van der Waals surface area (Å²) < 4.78 is 63.2. The molecule has 4 nitrogen and oxygen atoms in total. The first-order valence-electron chi connectivity index (χ1n) is 6.24. The maximum Gasteiger partial charge on any atom is 0.425 e. The lowest BCUT2D eigenvalue weighted by atomic mass is 10.3. The first-order valence-corrected chi connectivity index (χ1v) is 7.44. The maximum atomic E-state index is 12.6. The maximum absolute atomic E-state index is 12.6. The Morgan fingerprint density at radius 3 is 2.54 bits per heavy atom. The molecule has 1 N–H and O–H groups in total. The summed E-state index contributed by atoms with van der Waals surface area (Å²) in [6, 6.07) is 2.72. The number of nitrogens with one attached hydrogen (secondary N) is 1. The van der Waals surface area contributed by atoms with Gasteiger partial charge in [-0.2, -0.15) is 13.2 Å². The summed E-state index contributed by atoms with van der Waals surface area (Å²) in [7, 11) is 0. The number of carbonyl (C=O) groups is 1. The van der Waals surface area contributed by atoms with Gasteiger partial charge in [-0.05, 0) is 12.1 Å². The number of amides is 1. The molecule has 2 rings (SSSR count). The van der Waals surface area contributed by atoms with Gasteiger partial charge in [-0.15, -0.1) is 11.3 Å². The third-order valence-electron chi connectivity index (χ3n) is 2.75. The summed E-state index contributed by atoms with van der Waals surface area (Å²) in [6.45, 7) is -0.874. The minimum Gasteiger partial charge on any atom is -0.320 e. The van der Waals surface area contributed by atoms with Gasteiger partial charge in [-0.3, -0.25) is 9.59 Å². The molecule has 0 unspecified atom stereocenters. The molecule has 2 aromatic heterocycles. The van der Waals surface area contributed by atoms with Crippen LogP contribution in [0.5, 0.6) is 0 Å². The Morgan fingerprint density at radius 1 is 1.33 bits per heavy atom. The largest absolute Gasteiger partial charge is 0.425 e. The normalized spacial score (nSPS) is 11.8. The second-order valence-corrected chi connectivity index (χ2v) is 6.00. The minimum absolute atomic E-state index is 0.0294. The van der Waals surface area contributed by atoms with Gasteiger partial charge in [0.05, 0.1) is 17.3 Å². The lowest BCUT2D eigenvalue weighted by Gasteiger charge is -2.08. The molecule has 24 heavy (non-hydrogen) atoms. The molecule has 0 fully saturated rings. The van der Waals surface area contributed by atoms with Crippen molar-refractivity contribution in [2.75, 3.05) is 5.32 Å². The average Bonchev–Trinajstić information content (AvgIpc) is 2.84. The number of thiophene rings is 1. The Labute approximate surface area is 140 Å². The molecule has 11 heteroatoms. The van der Waals surface area contributed by atoms with E-state index < -0.39 is 35.5 Å². The summed E-state index contributed by atoms with van der Waals surface area (Å²) in [5, 5.41) is 1.84. The second-order valence-electron chi connectivity index (χ2n) is 4.54. The highest BCUT2D eigenvalue weighted by atomic mass is 35.5. The van der Waals surface area contributed by atoms with E-state index in [1.165, 1.54) is 0 Å². The third kappa shape index (κ3) is 4.32. The number of alkyl halides is 5. The molecular formula is C13H8ClF5N2O2S. The smallest absolute Gasteiger partial charge is 0.320 e. The molecule has 130 valence electrons. The average molecular weight is 387 g/mol. The van der Waals surface area contributed by atoms with Crippen molar-refractivity contribution in [2.24, 2.45) is 0 Å². The van der Waals surface area contributed by atoms with E-state index in [2.05, 4.69) is 5.32 Å². The van der Waals surface area contributed by atoms with Crippen LogP contribution in [0.15, 0.2) is 29.2 Å². The fraction of sp³-hybridized carbons (Fsp3) is 0.231. The molecule has 0 radical (unpaired) electrons. The predicted octanol–water partition coefficient (Wildman–Crippen LogP) is 4.10. The SMILES string of the molecule is O=C(Nc1ccc(=O)n(CC(F)F)c1)c1sc(C(F)(F)F)cc1Cl. The molecule has 0 bridgehead atoms. The van der Waals surface area contributed by atoms with Gasteiger partial charge in [0.15, 0.2) is 0 Å². The predicted molar refractivity (Wildman–Crippen MR) is 79.0 cm³/mol. The highest BCUT2D eigenvalue weighted by molar-refractivity contribution is 7.15. The van der Waals surface area contributed by atoms with Crippen LogP contribution in [-0.2, 0) is 12.7 Å². The molecule has 0 atom stereocenters. The van der Waals surface area contributed by atoms with Crippen molar-refractivity contribution in [3.8, 4) is 0 Å². The molecule has 2 aromatic rings. The summed E-state index contributed by atoms with van der Waals surface area (Å²) in [4.78, 5) is 22.0. The monoisotopic (exact) mass is 386 g/mol. The number of hydrogen-bond acceptors (Lipinski definition) is 3. The first-order chi connectivity index (χ1) is 11.1. The highest BCUT2D eigenvalue weighted by Crippen LogP contribution is 2.38. The number of aromatic nitrogens is 1. The van der Waals surface area contributed by atoms with Crippen LogP contribution in [0.3, 0.4) is 0 Å². The van der Waals surface area contributed by atoms with E-state index in [-0.39, 0.29) is 26.9 Å². The third-order valence-corrected chi connectivity index (χ3v) is 4.34. The number of halogens is 6. The molecule has 0 aliphatic heterocycles. The van der Waals surface area contributed by atoms with Crippen LogP contribution in [0, 0.1) is 0 Å². The van der Waals surface area contributed by atoms with E-state index in [1.807, 2.05) is 0 Å². The molecule has 0 aromatic carbocycles. The Morgan fingerprint density at radius 2 is 2.00 bits per heavy atom. The molecule has 2 heterocycles. The molecule has 0 saturated carbocycles. The van der Waals surface area contributed by atoms with Gasteiger partial charge in [-0.1, -0.05) is 11.6 Å². The minimum atomic E-state index is -4.64. The number of anilines is 1. The molecule has 0 saturated heterocycles. The van der Waals surface area contributed by atoms with Crippen LogP contribution < -0.4 is 10.9 Å². The van der Waals surface area contributed by atoms with Crippen molar-refractivity contribution < 1.29 is 26.7 Å². The molecule has 0 spiro atoms. The molecule has 0 aliphatic carbocycles. The van der Waals surface area contributed by atoms with Crippen LogP contribution in [0.2, 0.25) is 5.02 Å². The van der Waals surface area contributed by atoms with E-state index >= 15 is 0 Å². The van der Waals surface area contributed by atoms with E-state index in [9.17, 15) is 31.5 Å². The van der Waals surface area contributed by atoms with Crippen molar-refractivity contribution in [1.82, 2.24) is 4.57 Å². The van der Waals surface area contributed by atoms with Gasteiger partial charge in [0.1, 0.15) is 9.75 Å². The fourth-order valence-electron chi connectivity index (χ4n) is 1.75. The van der Waals surface area contributed by atoms with Crippen LogP contribution in [-0.4, -0.2) is 16.9 Å². The van der Waals surface area contributed by atoms with Crippen molar-refractivity contribution >= 4 is 34.5 Å². The summed E-state index contributed by atoms with van der Waals surface area (Å²) in [5.41, 5.74) is -0.736. The summed E-state index contributed by atoms with van der Waals surface area (Å²) in [6.07, 6.45) is -6.45. The number of nitrogens with zero attached hydrogens (tertiary/aromatic N) is 1. The van der Waals surface area contributed by atoms with E-state index in [0.29, 0.717) is 10.6 Å². The number of pyridine rings is 1. The molecule has 1 amide bonds. The molecule has 0 aliphatic rings. The van der Waals surface area contributed by atoms with Crippen LogP contribution >= 0.6 is 22.9 Å². The summed E-state index contributed by atoms with van der Waals surface area (Å²) >= 11 is 5.79. The lowest BCUT2D eigenvalue weighted by molar-refractivity contribution is -0.134. The van der Waals surface area contributed by atoms with Crippen LogP contribution in [0.1, 0.15) is 14.5 Å².